The van der Waals surface area contributed by atoms with Gasteiger partial charge < -0.3 is 19.9 Å². The van der Waals surface area contributed by atoms with Crippen molar-refractivity contribution in [1.29, 1.82) is 0 Å². The van der Waals surface area contributed by atoms with E-state index >= 15 is 0 Å². The second-order valence-electron chi connectivity index (χ2n) is 12.0. The van der Waals surface area contributed by atoms with Crippen molar-refractivity contribution in [3.05, 3.63) is 114 Å². The lowest BCUT2D eigenvalue weighted by Crippen LogP contribution is -2.55. The van der Waals surface area contributed by atoms with Crippen LogP contribution in [-0.4, -0.2) is 68.2 Å². The topological polar surface area (TPSA) is 90.7 Å². The van der Waals surface area contributed by atoms with Crippen LogP contribution in [0.4, 0.5) is 13.6 Å². The van der Waals surface area contributed by atoms with E-state index in [1.165, 1.54) is 12.1 Å². The predicted octanol–water partition coefficient (Wildman–Crippen LogP) is 6.15. The third-order valence-electron chi connectivity index (χ3n) is 8.91. The molecular weight excluding hydrogens is 576 g/mol. The summed E-state index contributed by atoms with van der Waals surface area (Å²) in [6.45, 7) is 2.26. The van der Waals surface area contributed by atoms with Gasteiger partial charge in [0.1, 0.15) is 11.6 Å². The quantitative estimate of drug-likeness (QED) is 0.249. The van der Waals surface area contributed by atoms with Crippen molar-refractivity contribution >= 4 is 12.0 Å². The maximum Gasteiger partial charge on any atom is 0.404 e. The van der Waals surface area contributed by atoms with Crippen LogP contribution in [0.25, 0.3) is 11.3 Å². The van der Waals surface area contributed by atoms with E-state index in [1.807, 2.05) is 53.1 Å². The predicted molar refractivity (Wildman–Crippen MR) is 167 cm³/mol. The highest BCUT2D eigenvalue weighted by molar-refractivity contribution is 5.98. The Balaban J connectivity index is 1.35. The average Bonchev–Trinajstić information content (AvgIpc) is 3.46. The fraction of sp³-hybridized carbons (Fsp3) is 0.343. The van der Waals surface area contributed by atoms with E-state index in [0.717, 1.165) is 36.5 Å². The number of benzene rings is 3. The van der Waals surface area contributed by atoms with Gasteiger partial charge in [-0.25, -0.2) is 18.6 Å². The highest BCUT2D eigenvalue weighted by Crippen LogP contribution is 2.35. The van der Waals surface area contributed by atoms with Gasteiger partial charge in [0.2, 0.25) is 0 Å². The summed E-state index contributed by atoms with van der Waals surface area (Å²) >= 11 is 0. The van der Waals surface area contributed by atoms with E-state index < -0.39 is 17.7 Å². The third-order valence-corrected chi connectivity index (χ3v) is 8.91. The fourth-order valence-electron chi connectivity index (χ4n) is 6.91. The molecule has 2 fully saturated rings. The maximum absolute atomic E-state index is 14.5. The zero-order chi connectivity index (χ0) is 31.3. The van der Waals surface area contributed by atoms with Crippen molar-refractivity contribution in [2.45, 2.75) is 56.8 Å². The van der Waals surface area contributed by atoms with Gasteiger partial charge >= 0.3 is 6.09 Å². The van der Waals surface area contributed by atoms with Crippen LogP contribution in [0.2, 0.25) is 0 Å². The Morgan fingerprint density at radius 1 is 0.889 bits per heavy atom. The molecule has 3 atom stereocenters. The van der Waals surface area contributed by atoms with E-state index in [-0.39, 0.29) is 36.1 Å². The fourth-order valence-corrected chi connectivity index (χ4v) is 6.91. The second-order valence-corrected chi connectivity index (χ2v) is 12.0. The molecule has 2 heterocycles. The first kappa shape index (κ1) is 30.5. The third kappa shape index (κ3) is 7.06. The molecule has 234 valence electrons. The van der Waals surface area contributed by atoms with Crippen LogP contribution in [0, 0.1) is 11.6 Å². The summed E-state index contributed by atoms with van der Waals surface area (Å²) < 4.78 is 30.4. The first-order valence-corrected chi connectivity index (χ1v) is 15.5. The molecule has 2 amide bonds. The molecule has 1 saturated carbocycles. The number of carbonyl (C=O) groups excluding carboxylic acids is 1. The van der Waals surface area contributed by atoms with E-state index in [2.05, 4.69) is 27.3 Å². The van der Waals surface area contributed by atoms with Crippen molar-refractivity contribution in [2.75, 3.05) is 19.6 Å². The summed E-state index contributed by atoms with van der Waals surface area (Å²) in [5.41, 5.74) is 3.37. The lowest BCUT2D eigenvalue weighted by molar-refractivity contribution is 0.0434. The molecule has 1 saturated heterocycles. The van der Waals surface area contributed by atoms with Crippen molar-refractivity contribution in [1.82, 2.24) is 24.7 Å². The van der Waals surface area contributed by atoms with Crippen molar-refractivity contribution in [2.24, 2.45) is 0 Å². The van der Waals surface area contributed by atoms with Crippen LogP contribution in [0.3, 0.4) is 0 Å². The van der Waals surface area contributed by atoms with Crippen LogP contribution in [0.5, 0.6) is 0 Å². The van der Waals surface area contributed by atoms with E-state index in [4.69, 9.17) is 0 Å². The Morgan fingerprint density at radius 2 is 1.58 bits per heavy atom. The largest absolute Gasteiger partial charge is 0.465 e. The molecule has 1 aliphatic heterocycles. The van der Waals surface area contributed by atoms with Gasteiger partial charge in [-0.3, -0.25) is 9.69 Å². The Labute approximate surface area is 261 Å². The molecule has 1 aliphatic carbocycles. The first-order valence-electron chi connectivity index (χ1n) is 15.5. The summed E-state index contributed by atoms with van der Waals surface area (Å²) in [7, 11) is 0. The Kier molecular flexibility index (Phi) is 9.21. The van der Waals surface area contributed by atoms with Crippen LogP contribution >= 0.6 is 0 Å². The lowest BCUT2D eigenvalue weighted by atomic mass is 9.89. The standard InChI is InChI=1S/C35H37F2N5O3/c36-27-17-25(18-28(37)20-27)19-29-22-40(21-24-9-3-1-4-10-24)15-16-41(29)34(43)32-33(26-11-5-2-6-12-26)42(23-38-32)31-14-8-7-13-30(31)39-35(44)45/h1-6,9-12,17-18,20,23,29-31,39H,7-8,13-16,19,21-22H2,(H,44,45)/t29-,30+,31+/m1/s1. The second kappa shape index (κ2) is 13.6. The Bertz CT molecular complexity index is 1610. The number of carboxylic acid groups (broad SMARTS) is 1. The van der Waals surface area contributed by atoms with Crippen molar-refractivity contribution in [3.63, 3.8) is 0 Å². The molecular formula is C35H37F2N5O3. The molecule has 0 unspecified atom stereocenters. The molecule has 10 heteroatoms. The normalized spacial score (nSPS) is 20.6. The summed E-state index contributed by atoms with van der Waals surface area (Å²) in [6, 6.07) is 22.3. The van der Waals surface area contributed by atoms with Crippen LogP contribution in [0.15, 0.2) is 85.2 Å². The van der Waals surface area contributed by atoms with Gasteiger partial charge in [0.25, 0.3) is 5.91 Å². The monoisotopic (exact) mass is 613 g/mol. The smallest absolute Gasteiger partial charge is 0.404 e. The molecule has 2 aliphatic rings. The summed E-state index contributed by atoms with van der Waals surface area (Å²) in [6.07, 6.45) is 4.16. The van der Waals surface area contributed by atoms with Crippen LogP contribution < -0.4 is 5.32 Å². The molecule has 3 aromatic carbocycles. The molecule has 0 radical (unpaired) electrons. The van der Waals surface area contributed by atoms with Crippen LogP contribution in [-0.2, 0) is 13.0 Å². The van der Waals surface area contributed by atoms with Gasteiger partial charge in [-0.2, -0.15) is 0 Å². The number of carbonyl (C=O) groups is 2. The van der Waals surface area contributed by atoms with E-state index in [0.29, 0.717) is 43.9 Å². The number of nitrogens with one attached hydrogen (secondary N) is 1. The number of piperazine rings is 1. The first-order chi connectivity index (χ1) is 21.9. The number of imidazole rings is 1. The molecule has 8 nitrogen and oxygen atoms in total. The van der Waals surface area contributed by atoms with Gasteiger partial charge in [-0.05, 0) is 42.5 Å². The zero-order valence-corrected chi connectivity index (χ0v) is 25.0. The molecule has 0 bridgehead atoms. The van der Waals surface area contributed by atoms with Gasteiger partial charge in [0.15, 0.2) is 5.69 Å². The summed E-state index contributed by atoms with van der Waals surface area (Å²) in [4.78, 5) is 34.9. The van der Waals surface area contributed by atoms with Gasteiger partial charge in [0.05, 0.1) is 24.1 Å². The minimum Gasteiger partial charge on any atom is -0.465 e. The number of nitrogens with zero attached hydrogens (tertiary/aromatic N) is 4. The van der Waals surface area contributed by atoms with Gasteiger partial charge in [0, 0.05) is 43.9 Å². The number of amides is 2. The summed E-state index contributed by atoms with van der Waals surface area (Å²) in [5.74, 6) is -1.56. The number of hydrogen-bond donors (Lipinski definition) is 2. The number of hydrogen-bond acceptors (Lipinski definition) is 4. The highest BCUT2D eigenvalue weighted by Gasteiger charge is 2.36. The minimum absolute atomic E-state index is 0.201. The molecule has 45 heavy (non-hydrogen) atoms. The minimum atomic E-state index is -1.07. The van der Waals surface area contributed by atoms with E-state index in [1.54, 1.807) is 11.2 Å². The average molecular weight is 614 g/mol. The number of rotatable bonds is 8. The number of aromatic nitrogens is 2. The molecule has 2 N–H and O–H groups in total. The Morgan fingerprint density at radius 3 is 2.29 bits per heavy atom. The SMILES string of the molecule is O=C(O)N[C@H]1CCCC[C@@H]1n1cnc(C(=O)N2CCN(Cc3ccccc3)C[C@H]2Cc2cc(F)cc(F)c2)c1-c1ccccc1. The molecule has 0 spiro atoms. The lowest BCUT2D eigenvalue weighted by Gasteiger charge is -2.41. The van der Waals surface area contributed by atoms with Crippen molar-refractivity contribution < 1.29 is 23.5 Å². The Hall–Kier alpha value is -4.57. The van der Waals surface area contributed by atoms with Crippen LogP contribution in [0.1, 0.15) is 53.3 Å². The zero-order valence-electron chi connectivity index (χ0n) is 25.0. The summed E-state index contributed by atoms with van der Waals surface area (Å²) in [5, 5.41) is 12.2. The molecule has 4 aromatic rings. The van der Waals surface area contributed by atoms with Gasteiger partial charge in [-0.1, -0.05) is 73.5 Å². The molecule has 6 rings (SSSR count). The maximum atomic E-state index is 14.5. The van der Waals surface area contributed by atoms with Crippen molar-refractivity contribution in [3.8, 4) is 11.3 Å². The van der Waals surface area contributed by atoms with Gasteiger partial charge in [-0.15, -0.1) is 0 Å². The van der Waals surface area contributed by atoms with E-state index in [9.17, 15) is 23.5 Å². The molecule has 1 aromatic heterocycles. The highest BCUT2D eigenvalue weighted by atomic mass is 19.1. The number of halogens is 2.